The molecule has 47 heavy (non-hydrogen) atoms. The molecule has 3 atom stereocenters. The summed E-state index contributed by atoms with van der Waals surface area (Å²) in [5.74, 6) is -0.236. The summed E-state index contributed by atoms with van der Waals surface area (Å²) in [5, 5.41) is 22.1. The van der Waals surface area contributed by atoms with E-state index in [2.05, 4.69) is 20.9 Å². The molecule has 3 aliphatic heterocycles. The molecule has 0 bridgehead atoms. The number of carbonyl (C=O) groups excluding carboxylic acids is 3. The number of nitrogens with zero attached hydrogens (tertiary/aromatic N) is 3. The van der Waals surface area contributed by atoms with Crippen molar-refractivity contribution in [3.05, 3.63) is 65.2 Å². The lowest BCUT2D eigenvalue weighted by Gasteiger charge is -2.45. The first-order chi connectivity index (χ1) is 22.8. The van der Waals surface area contributed by atoms with Crippen molar-refractivity contribution in [1.29, 1.82) is 0 Å². The minimum atomic E-state index is -0.949. The van der Waals surface area contributed by atoms with Crippen molar-refractivity contribution < 1.29 is 19.5 Å². The third-order valence-electron chi connectivity index (χ3n) is 10.6. The van der Waals surface area contributed by atoms with E-state index in [1.54, 1.807) is 4.90 Å². The molecule has 1 spiro atoms. The van der Waals surface area contributed by atoms with Gasteiger partial charge in [-0.2, -0.15) is 0 Å². The summed E-state index contributed by atoms with van der Waals surface area (Å²) in [6.07, 6.45) is 8.75. The van der Waals surface area contributed by atoms with Gasteiger partial charge in [0.25, 0.3) is 0 Å². The number of halogens is 1. The van der Waals surface area contributed by atoms with Crippen LogP contribution in [0.2, 0.25) is 5.02 Å². The Kier molecular flexibility index (Phi) is 11.0. The average molecular weight is 665 g/mol. The summed E-state index contributed by atoms with van der Waals surface area (Å²) in [6, 6.07) is 16.8. The van der Waals surface area contributed by atoms with Crippen molar-refractivity contribution in [3.8, 4) is 0 Å². The predicted molar refractivity (Wildman–Crippen MR) is 183 cm³/mol. The fourth-order valence-electron chi connectivity index (χ4n) is 7.89. The van der Waals surface area contributed by atoms with E-state index in [1.165, 1.54) is 6.42 Å². The molecular formula is C36H49ClN6O4. The van der Waals surface area contributed by atoms with Crippen LogP contribution in [0.25, 0.3) is 0 Å². The Balaban J connectivity index is 1.16. The highest BCUT2D eigenvalue weighted by Gasteiger charge is 2.54. The van der Waals surface area contributed by atoms with Crippen LogP contribution in [-0.2, 0) is 20.8 Å². The summed E-state index contributed by atoms with van der Waals surface area (Å²) in [5.41, 5.74) is 1.09. The van der Waals surface area contributed by atoms with Crippen molar-refractivity contribution in [2.75, 3.05) is 37.7 Å². The van der Waals surface area contributed by atoms with Crippen LogP contribution in [-0.4, -0.2) is 95.4 Å². The van der Waals surface area contributed by atoms with Gasteiger partial charge in [0.2, 0.25) is 17.7 Å². The smallest absolute Gasteiger partial charge is 0.250 e. The molecule has 3 saturated heterocycles. The fraction of sp³-hybridized carbons (Fsp3) is 0.583. The van der Waals surface area contributed by atoms with Crippen molar-refractivity contribution in [1.82, 2.24) is 25.8 Å². The standard InChI is InChI=1S/C36H49ClN6O4/c37-27-16-14-26(15-17-27)23-31(40-33(45)30-13-7-8-20-38-30)34(46)41-21-18-36(19-22-41)35(47)42(25-43(36)29-11-5-2-6-12-29)24-32(44)39-28-9-3-1-4-10-28/h2,5-6,11-12,14-17,28,30-31,34,38,46H,1,3-4,7-10,13,18-25H2,(H,39,44)(H,40,45). The zero-order valence-corrected chi connectivity index (χ0v) is 28.0. The molecule has 10 nitrogen and oxygen atoms in total. The Morgan fingerprint density at radius 3 is 2.34 bits per heavy atom. The second-order valence-corrected chi connectivity index (χ2v) is 14.2. The highest BCUT2D eigenvalue weighted by molar-refractivity contribution is 6.30. The molecular weight excluding hydrogens is 616 g/mol. The van der Waals surface area contributed by atoms with Gasteiger partial charge in [-0.25, -0.2) is 0 Å². The SMILES string of the molecule is O=C(CN1CN(c2ccccc2)C2(CCN(C(O)C(Cc3ccc(Cl)cc3)NC(=O)C3CCCCN3)CC2)C1=O)NC1CCCCC1. The molecule has 1 aliphatic carbocycles. The number of rotatable bonds is 10. The van der Waals surface area contributed by atoms with Gasteiger partial charge in [0, 0.05) is 29.8 Å². The fourth-order valence-corrected chi connectivity index (χ4v) is 8.02. The van der Waals surface area contributed by atoms with E-state index in [0.717, 1.165) is 62.7 Å². The lowest BCUT2D eigenvalue weighted by Crippen LogP contribution is -2.62. The Labute approximate surface area is 283 Å². The van der Waals surface area contributed by atoms with Gasteiger partial charge in [-0.15, -0.1) is 0 Å². The number of benzene rings is 2. The minimum absolute atomic E-state index is 0.0383. The Morgan fingerprint density at radius 2 is 1.66 bits per heavy atom. The van der Waals surface area contributed by atoms with Crippen LogP contribution in [0.4, 0.5) is 5.69 Å². The third kappa shape index (κ3) is 7.94. The number of piperidine rings is 2. The van der Waals surface area contributed by atoms with Crippen LogP contribution in [0.15, 0.2) is 54.6 Å². The molecule has 1 saturated carbocycles. The molecule has 4 aliphatic rings. The lowest BCUT2D eigenvalue weighted by molar-refractivity contribution is -0.138. The molecule has 6 rings (SSSR count). The highest BCUT2D eigenvalue weighted by atomic mass is 35.5. The van der Waals surface area contributed by atoms with Gasteiger partial charge in [-0.1, -0.05) is 67.6 Å². The van der Waals surface area contributed by atoms with Crippen LogP contribution >= 0.6 is 11.6 Å². The Bertz CT molecular complexity index is 1360. The first-order valence-electron chi connectivity index (χ1n) is 17.4. The van der Waals surface area contributed by atoms with Gasteiger partial charge in [-0.05, 0) is 81.3 Å². The van der Waals surface area contributed by atoms with Crippen LogP contribution < -0.4 is 20.9 Å². The van der Waals surface area contributed by atoms with Gasteiger partial charge in [0.1, 0.15) is 18.3 Å². The zero-order chi connectivity index (χ0) is 32.8. The molecule has 4 fully saturated rings. The van der Waals surface area contributed by atoms with Crippen LogP contribution in [0.3, 0.4) is 0 Å². The number of aliphatic hydroxyl groups is 1. The van der Waals surface area contributed by atoms with E-state index in [-0.39, 0.29) is 36.3 Å². The average Bonchev–Trinajstić information content (AvgIpc) is 3.36. The van der Waals surface area contributed by atoms with Crippen LogP contribution in [0, 0.1) is 0 Å². The molecule has 0 radical (unpaired) electrons. The highest BCUT2D eigenvalue weighted by Crippen LogP contribution is 2.40. The van der Waals surface area contributed by atoms with E-state index < -0.39 is 17.8 Å². The quantitative estimate of drug-likeness (QED) is 0.308. The van der Waals surface area contributed by atoms with Gasteiger partial charge >= 0.3 is 0 Å². The summed E-state index contributed by atoms with van der Waals surface area (Å²) in [7, 11) is 0. The number of nitrogens with one attached hydrogen (secondary N) is 3. The summed E-state index contributed by atoms with van der Waals surface area (Å²) >= 11 is 6.13. The maximum absolute atomic E-state index is 14.2. The van der Waals surface area contributed by atoms with E-state index in [4.69, 9.17) is 11.6 Å². The monoisotopic (exact) mass is 664 g/mol. The third-order valence-corrected chi connectivity index (χ3v) is 10.8. The number of carbonyl (C=O) groups is 3. The number of para-hydroxylation sites is 1. The normalized spacial score (nSPS) is 23.4. The molecule has 2 aromatic carbocycles. The molecule has 3 heterocycles. The van der Waals surface area contributed by atoms with Crippen LogP contribution in [0.5, 0.6) is 0 Å². The molecule has 3 unspecified atom stereocenters. The van der Waals surface area contributed by atoms with Gasteiger partial charge in [0.05, 0.1) is 18.8 Å². The molecule has 4 N–H and O–H groups in total. The zero-order valence-electron chi connectivity index (χ0n) is 27.2. The van der Waals surface area contributed by atoms with Gasteiger partial charge in [0.15, 0.2) is 0 Å². The van der Waals surface area contributed by atoms with Gasteiger partial charge in [-0.3, -0.25) is 19.3 Å². The molecule has 254 valence electrons. The Hall–Kier alpha value is -3.18. The maximum Gasteiger partial charge on any atom is 0.250 e. The summed E-state index contributed by atoms with van der Waals surface area (Å²) in [4.78, 5) is 46.5. The second-order valence-electron chi connectivity index (χ2n) is 13.7. The van der Waals surface area contributed by atoms with E-state index in [1.807, 2.05) is 59.5 Å². The lowest BCUT2D eigenvalue weighted by atomic mass is 9.85. The van der Waals surface area contributed by atoms with Crippen molar-refractivity contribution in [3.63, 3.8) is 0 Å². The summed E-state index contributed by atoms with van der Waals surface area (Å²) in [6.45, 7) is 2.12. The van der Waals surface area contributed by atoms with Crippen molar-refractivity contribution >= 4 is 35.0 Å². The molecule has 11 heteroatoms. The number of anilines is 1. The van der Waals surface area contributed by atoms with Crippen molar-refractivity contribution in [2.45, 2.75) is 101 Å². The summed E-state index contributed by atoms with van der Waals surface area (Å²) < 4.78 is 0. The predicted octanol–water partition coefficient (Wildman–Crippen LogP) is 3.42. The molecule has 3 amide bonds. The van der Waals surface area contributed by atoms with Crippen LogP contribution in [0.1, 0.15) is 69.8 Å². The minimum Gasteiger partial charge on any atom is -0.376 e. The number of hydrogen-bond acceptors (Lipinski definition) is 7. The van der Waals surface area contributed by atoms with Gasteiger partial charge < -0.3 is 30.9 Å². The first-order valence-corrected chi connectivity index (χ1v) is 17.8. The largest absolute Gasteiger partial charge is 0.376 e. The number of hydrogen-bond donors (Lipinski definition) is 4. The van der Waals surface area contributed by atoms with E-state index in [0.29, 0.717) is 44.0 Å². The van der Waals surface area contributed by atoms with E-state index in [9.17, 15) is 19.5 Å². The molecule has 2 aromatic rings. The number of amides is 3. The van der Waals surface area contributed by atoms with Crippen molar-refractivity contribution in [2.24, 2.45) is 0 Å². The maximum atomic E-state index is 14.2. The van der Waals surface area contributed by atoms with E-state index >= 15 is 0 Å². The Morgan fingerprint density at radius 1 is 0.957 bits per heavy atom. The second kappa shape index (κ2) is 15.4. The number of likely N-dealkylation sites (tertiary alicyclic amines) is 1. The molecule has 0 aromatic heterocycles. The topological polar surface area (TPSA) is 117 Å². The number of aliphatic hydroxyl groups excluding tert-OH is 1. The first kappa shape index (κ1) is 33.7.